The number of hydrogen-bond donors (Lipinski definition) is 0. The number of fused-ring (bicyclic) bond motifs is 7. The second kappa shape index (κ2) is 7.56. The van der Waals surface area contributed by atoms with Crippen molar-refractivity contribution in [3.63, 3.8) is 0 Å². The second-order valence-corrected chi connectivity index (χ2v) is 8.04. The van der Waals surface area contributed by atoms with Crippen molar-refractivity contribution in [2.75, 3.05) is 38.7 Å². The molecular weight excluding hydrogens is 409 g/mol. The standard InChI is InChI=1S/C22H22ClN3O2.ClH/c1-24-9-10-25-17-6-4-3-5-14(17)12-26-18-8-7-15(23)11-16(18)20(22(27)28-2)21(26)19(25)13-24;/h3-8,11,19H,9-10,12-13H2,1-2H3;1H. The minimum Gasteiger partial charge on any atom is -0.465 e. The highest BCUT2D eigenvalue weighted by Crippen LogP contribution is 2.42. The van der Waals surface area contributed by atoms with Gasteiger partial charge in [0.2, 0.25) is 0 Å². The first kappa shape index (κ1) is 20.1. The number of ether oxygens (including phenoxy) is 1. The highest BCUT2D eigenvalue weighted by molar-refractivity contribution is 6.31. The molecule has 1 saturated heterocycles. The van der Waals surface area contributed by atoms with E-state index in [9.17, 15) is 4.79 Å². The van der Waals surface area contributed by atoms with Gasteiger partial charge in [0.25, 0.3) is 0 Å². The highest BCUT2D eigenvalue weighted by atomic mass is 35.5. The normalized spacial score (nSPS) is 18.3. The summed E-state index contributed by atoms with van der Waals surface area (Å²) in [6.07, 6.45) is 0. The van der Waals surface area contributed by atoms with E-state index in [0.717, 1.165) is 42.8 Å². The SMILES string of the molecule is COC(=O)c1c2n(c3ccc(Cl)cc13)Cc1ccccc1N1CCN(C)CC21.Cl. The second-order valence-electron chi connectivity index (χ2n) is 7.60. The average molecular weight is 432 g/mol. The molecule has 5 rings (SSSR count). The van der Waals surface area contributed by atoms with Gasteiger partial charge in [-0.1, -0.05) is 29.8 Å². The zero-order valence-electron chi connectivity index (χ0n) is 16.4. The first-order valence-electron chi connectivity index (χ1n) is 9.51. The number of carbonyl (C=O) groups is 1. The number of methoxy groups -OCH3 is 1. The van der Waals surface area contributed by atoms with Crippen molar-refractivity contribution in [1.82, 2.24) is 9.47 Å². The van der Waals surface area contributed by atoms with Crippen molar-refractivity contribution in [2.45, 2.75) is 12.6 Å². The molecule has 1 atom stereocenters. The first-order valence-corrected chi connectivity index (χ1v) is 9.89. The molecule has 0 bridgehead atoms. The number of anilines is 1. The third-order valence-corrected chi connectivity index (χ3v) is 6.22. The molecule has 0 N–H and O–H groups in total. The van der Waals surface area contributed by atoms with Crippen LogP contribution in [0.3, 0.4) is 0 Å². The van der Waals surface area contributed by atoms with Crippen LogP contribution in [-0.4, -0.2) is 49.2 Å². The van der Waals surface area contributed by atoms with Crippen LogP contribution >= 0.6 is 24.0 Å². The minimum absolute atomic E-state index is 0. The Morgan fingerprint density at radius 3 is 2.76 bits per heavy atom. The molecule has 0 spiro atoms. The largest absolute Gasteiger partial charge is 0.465 e. The van der Waals surface area contributed by atoms with Gasteiger partial charge in [-0.15, -0.1) is 12.4 Å². The lowest BCUT2D eigenvalue weighted by Crippen LogP contribution is -2.47. The maximum absolute atomic E-state index is 12.9. The van der Waals surface area contributed by atoms with Crippen molar-refractivity contribution >= 4 is 46.6 Å². The van der Waals surface area contributed by atoms with Crippen molar-refractivity contribution in [3.05, 3.63) is 64.3 Å². The number of rotatable bonds is 1. The maximum atomic E-state index is 12.9. The van der Waals surface area contributed by atoms with Crippen LogP contribution in [-0.2, 0) is 11.3 Å². The number of aromatic nitrogens is 1. The Balaban J connectivity index is 0.00000205. The molecule has 2 aliphatic heterocycles. The van der Waals surface area contributed by atoms with E-state index in [-0.39, 0.29) is 24.4 Å². The Morgan fingerprint density at radius 1 is 1.17 bits per heavy atom. The van der Waals surface area contributed by atoms with Crippen molar-refractivity contribution in [2.24, 2.45) is 0 Å². The molecule has 3 aromatic rings. The number of hydrogen-bond acceptors (Lipinski definition) is 4. The first-order chi connectivity index (χ1) is 13.6. The van der Waals surface area contributed by atoms with Gasteiger partial charge >= 0.3 is 5.97 Å². The predicted molar refractivity (Wildman–Crippen MR) is 119 cm³/mol. The number of carbonyl (C=O) groups excluding carboxylic acids is 1. The van der Waals surface area contributed by atoms with E-state index in [1.165, 1.54) is 18.4 Å². The van der Waals surface area contributed by atoms with E-state index in [0.29, 0.717) is 10.6 Å². The summed E-state index contributed by atoms with van der Waals surface area (Å²) in [5.41, 5.74) is 5.19. The van der Waals surface area contributed by atoms with E-state index in [1.807, 2.05) is 18.2 Å². The van der Waals surface area contributed by atoms with Crippen LogP contribution < -0.4 is 4.90 Å². The summed E-state index contributed by atoms with van der Waals surface area (Å²) in [5, 5.41) is 1.48. The fourth-order valence-corrected chi connectivity index (χ4v) is 4.89. The van der Waals surface area contributed by atoms with Crippen LogP contribution in [0, 0.1) is 0 Å². The Labute approximate surface area is 181 Å². The van der Waals surface area contributed by atoms with Crippen LogP contribution in [0.25, 0.3) is 10.9 Å². The molecule has 1 fully saturated rings. The zero-order valence-corrected chi connectivity index (χ0v) is 18.0. The topological polar surface area (TPSA) is 37.7 Å². The fraction of sp³-hybridized carbons (Fsp3) is 0.318. The van der Waals surface area contributed by atoms with Crippen molar-refractivity contribution < 1.29 is 9.53 Å². The van der Waals surface area contributed by atoms with Gasteiger partial charge in [-0.25, -0.2) is 4.79 Å². The third kappa shape index (κ3) is 3.08. The van der Waals surface area contributed by atoms with Gasteiger partial charge in [-0.3, -0.25) is 0 Å². The molecule has 0 amide bonds. The van der Waals surface area contributed by atoms with Gasteiger partial charge in [0.15, 0.2) is 0 Å². The van der Waals surface area contributed by atoms with Crippen LogP contribution in [0.4, 0.5) is 5.69 Å². The molecule has 2 aliphatic rings. The van der Waals surface area contributed by atoms with Gasteiger partial charge in [-0.05, 0) is 36.9 Å². The van der Waals surface area contributed by atoms with Gasteiger partial charge in [0, 0.05) is 47.8 Å². The third-order valence-electron chi connectivity index (χ3n) is 5.98. The lowest BCUT2D eigenvalue weighted by molar-refractivity contribution is 0.0600. The molecule has 0 saturated carbocycles. The van der Waals surface area contributed by atoms with Crippen molar-refractivity contribution in [3.8, 4) is 0 Å². The fourth-order valence-electron chi connectivity index (χ4n) is 4.72. The number of piperazine rings is 1. The minimum atomic E-state index is -0.305. The molecule has 0 aliphatic carbocycles. The average Bonchev–Trinajstić information content (AvgIpc) is 2.93. The Kier molecular flexibility index (Phi) is 5.23. The van der Waals surface area contributed by atoms with E-state index in [2.05, 4.69) is 45.7 Å². The molecule has 1 aromatic heterocycles. The van der Waals surface area contributed by atoms with Gasteiger partial charge < -0.3 is 19.1 Å². The summed E-state index contributed by atoms with van der Waals surface area (Å²) in [4.78, 5) is 17.7. The summed E-state index contributed by atoms with van der Waals surface area (Å²) >= 11 is 6.30. The van der Waals surface area contributed by atoms with Crippen LogP contribution in [0.1, 0.15) is 27.7 Å². The quantitative estimate of drug-likeness (QED) is 0.536. The van der Waals surface area contributed by atoms with Crippen molar-refractivity contribution in [1.29, 1.82) is 0 Å². The Bertz CT molecular complexity index is 1100. The molecule has 152 valence electrons. The summed E-state index contributed by atoms with van der Waals surface area (Å²) in [7, 11) is 3.58. The molecule has 1 unspecified atom stereocenters. The predicted octanol–water partition coefficient (Wildman–Crippen LogP) is 4.36. The van der Waals surface area contributed by atoms with E-state index >= 15 is 0 Å². The molecule has 3 heterocycles. The monoisotopic (exact) mass is 431 g/mol. The summed E-state index contributed by atoms with van der Waals surface area (Å²) in [6, 6.07) is 14.4. The van der Waals surface area contributed by atoms with Crippen LogP contribution in [0.5, 0.6) is 0 Å². The summed E-state index contributed by atoms with van der Waals surface area (Å²) in [6.45, 7) is 3.48. The molecular formula is C22H23Cl2N3O2. The molecule has 2 aromatic carbocycles. The Morgan fingerprint density at radius 2 is 1.97 bits per heavy atom. The smallest absolute Gasteiger partial charge is 0.340 e. The maximum Gasteiger partial charge on any atom is 0.340 e. The number of esters is 1. The number of nitrogens with zero attached hydrogens (tertiary/aromatic N) is 3. The molecule has 5 nitrogen and oxygen atoms in total. The number of halogens is 2. The summed E-state index contributed by atoms with van der Waals surface area (Å²) < 4.78 is 7.48. The lowest BCUT2D eigenvalue weighted by atomic mass is 10.0. The number of para-hydroxylation sites is 1. The zero-order chi connectivity index (χ0) is 19.4. The number of likely N-dealkylation sites (N-methyl/N-ethyl adjacent to an activating group) is 1. The van der Waals surface area contributed by atoms with Gasteiger partial charge in [0.05, 0.1) is 24.4 Å². The van der Waals surface area contributed by atoms with Crippen LogP contribution in [0.15, 0.2) is 42.5 Å². The van der Waals surface area contributed by atoms with E-state index in [4.69, 9.17) is 16.3 Å². The molecule has 29 heavy (non-hydrogen) atoms. The van der Waals surface area contributed by atoms with E-state index < -0.39 is 0 Å². The van der Waals surface area contributed by atoms with Crippen LogP contribution in [0.2, 0.25) is 5.02 Å². The van der Waals surface area contributed by atoms with Gasteiger partial charge in [0.1, 0.15) is 0 Å². The van der Waals surface area contributed by atoms with E-state index in [1.54, 1.807) is 0 Å². The molecule has 7 heteroatoms. The van der Waals surface area contributed by atoms with Gasteiger partial charge in [-0.2, -0.15) is 0 Å². The number of benzene rings is 2. The molecule has 0 radical (unpaired) electrons. The Hall–Kier alpha value is -2.21. The highest BCUT2D eigenvalue weighted by Gasteiger charge is 2.37. The lowest BCUT2D eigenvalue weighted by Gasteiger charge is -2.41. The summed E-state index contributed by atoms with van der Waals surface area (Å²) in [5.74, 6) is -0.305.